The maximum Gasteiger partial charge on any atom is 0.306 e. The summed E-state index contributed by atoms with van der Waals surface area (Å²) >= 11 is 0. The van der Waals surface area contributed by atoms with Crippen molar-refractivity contribution in [3.8, 4) is 0 Å². The number of ether oxygens (including phenoxy) is 1. The van der Waals surface area contributed by atoms with Gasteiger partial charge in [-0.2, -0.15) is 0 Å². The summed E-state index contributed by atoms with van der Waals surface area (Å²) in [5, 5.41) is 8.73. The number of aliphatic carboxylic acids is 1. The molecule has 0 saturated carbocycles. The Hall–Kier alpha value is -1.06. The standard InChI is InChI=1S/2C15H30O2/c1-3-4-5-6-7-8-9-10-11-12-13-14-15(16)17-2;1-3-4-5-6-7-8-9-10-11-12-13-14(2)15(16)17/h3-14H2,1-2H3;14H,3-13H2,1-2H3,(H,16,17). The lowest BCUT2D eigenvalue weighted by Gasteiger charge is -2.05. The van der Waals surface area contributed by atoms with Gasteiger partial charge in [-0.25, -0.2) is 0 Å². The molecule has 0 aliphatic carbocycles. The summed E-state index contributed by atoms with van der Waals surface area (Å²) in [6.45, 7) is 6.31. The Morgan fingerprint density at radius 3 is 1.24 bits per heavy atom. The van der Waals surface area contributed by atoms with E-state index in [-0.39, 0.29) is 11.9 Å². The van der Waals surface area contributed by atoms with Gasteiger partial charge < -0.3 is 9.84 Å². The maximum atomic E-state index is 10.8. The normalized spacial score (nSPS) is 11.5. The predicted octanol–water partition coefficient (Wildman–Crippen LogP) is 9.88. The smallest absolute Gasteiger partial charge is 0.306 e. The van der Waals surface area contributed by atoms with Crippen LogP contribution >= 0.6 is 0 Å². The quantitative estimate of drug-likeness (QED) is 0.109. The molecule has 4 nitrogen and oxygen atoms in total. The monoisotopic (exact) mass is 484 g/mol. The average molecular weight is 485 g/mol. The number of esters is 1. The minimum Gasteiger partial charge on any atom is -0.481 e. The second-order valence-electron chi connectivity index (χ2n) is 10.1. The van der Waals surface area contributed by atoms with Gasteiger partial charge in [-0.05, 0) is 12.8 Å². The average Bonchev–Trinajstić information content (AvgIpc) is 2.83. The van der Waals surface area contributed by atoms with E-state index in [1.54, 1.807) is 6.92 Å². The summed E-state index contributed by atoms with van der Waals surface area (Å²) in [6.07, 6.45) is 29.0. The van der Waals surface area contributed by atoms with E-state index in [1.807, 2.05) is 0 Å². The Labute approximate surface area is 213 Å². The highest BCUT2D eigenvalue weighted by Gasteiger charge is 2.09. The van der Waals surface area contributed by atoms with Crippen molar-refractivity contribution in [3.05, 3.63) is 0 Å². The molecule has 0 aliphatic rings. The van der Waals surface area contributed by atoms with E-state index in [9.17, 15) is 9.59 Å². The number of rotatable bonds is 24. The number of unbranched alkanes of at least 4 members (excludes halogenated alkanes) is 19. The lowest BCUT2D eigenvalue weighted by molar-refractivity contribution is -0.142. The first-order chi connectivity index (χ1) is 16.5. The second kappa shape index (κ2) is 30.0. The van der Waals surface area contributed by atoms with Crippen LogP contribution in [0, 0.1) is 5.92 Å². The van der Waals surface area contributed by atoms with E-state index in [0.717, 1.165) is 19.3 Å². The molecule has 4 heteroatoms. The Balaban J connectivity index is 0. The van der Waals surface area contributed by atoms with E-state index in [1.165, 1.54) is 129 Å². The number of carboxylic acid groups (broad SMARTS) is 1. The molecule has 0 saturated heterocycles. The second-order valence-corrected chi connectivity index (χ2v) is 10.1. The maximum absolute atomic E-state index is 10.8. The van der Waals surface area contributed by atoms with Crippen molar-refractivity contribution in [2.45, 2.75) is 168 Å². The van der Waals surface area contributed by atoms with E-state index in [0.29, 0.717) is 6.42 Å². The molecule has 0 aromatic rings. The zero-order valence-electron chi connectivity index (χ0n) is 23.5. The van der Waals surface area contributed by atoms with Gasteiger partial charge in [0, 0.05) is 6.42 Å². The molecular formula is C30H60O4. The molecule has 1 N–H and O–H groups in total. The molecule has 0 radical (unpaired) electrons. The Morgan fingerprint density at radius 2 is 0.912 bits per heavy atom. The van der Waals surface area contributed by atoms with Crippen molar-refractivity contribution >= 4 is 11.9 Å². The Bertz CT molecular complexity index is 420. The highest BCUT2D eigenvalue weighted by molar-refractivity contribution is 5.69. The van der Waals surface area contributed by atoms with Gasteiger partial charge in [0.1, 0.15) is 0 Å². The van der Waals surface area contributed by atoms with Gasteiger partial charge in [0.2, 0.25) is 0 Å². The Kier molecular flexibility index (Phi) is 30.9. The van der Waals surface area contributed by atoms with Gasteiger partial charge in [0.25, 0.3) is 0 Å². The highest BCUT2D eigenvalue weighted by atomic mass is 16.5. The number of methoxy groups -OCH3 is 1. The summed E-state index contributed by atoms with van der Waals surface area (Å²) in [6, 6.07) is 0. The summed E-state index contributed by atoms with van der Waals surface area (Å²) in [5.41, 5.74) is 0. The zero-order valence-corrected chi connectivity index (χ0v) is 23.5. The molecule has 204 valence electrons. The summed E-state index contributed by atoms with van der Waals surface area (Å²) in [4.78, 5) is 21.4. The minimum absolute atomic E-state index is 0.0686. The van der Waals surface area contributed by atoms with Crippen molar-refractivity contribution in [2.75, 3.05) is 7.11 Å². The first kappa shape index (κ1) is 35.1. The van der Waals surface area contributed by atoms with Crippen LogP contribution in [0.4, 0.5) is 0 Å². The van der Waals surface area contributed by atoms with Crippen LogP contribution in [0.3, 0.4) is 0 Å². The van der Waals surface area contributed by atoms with Crippen molar-refractivity contribution in [3.63, 3.8) is 0 Å². The van der Waals surface area contributed by atoms with E-state index in [2.05, 4.69) is 18.6 Å². The third-order valence-corrected chi connectivity index (χ3v) is 6.62. The van der Waals surface area contributed by atoms with Crippen molar-refractivity contribution < 1.29 is 19.4 Å². The number of carboxylic acids is 1. The van der Waals surface area contributed by atoms with Gasteiger partial charge >= 0.3 is 11.9 Å². The fourth-order valence-corrected chi connectivity index (χ4v) is 4.10. The molecule has 0 fully saturated rings. The Morgan fingerprint density at radius 1 is 0.588 bits per heavy atom. The van der Waals surface area contributed by atoms with Gasteiger partial charge in [0.15, 0.2) is 0 Å². The topological polar surface area (TPSA) is 63.6 Å². The van der Waals surface area contributed by atoms with Crippen LogP contribution in [0.15, 0.2) is 0 Å². The molecule has 0 heterocycles. The number of carbonyl (C=O) groups is 2. The molecule has 34 heavy (non-hydrogen) atoms. The molecule has 0 amide bonds. The van der Waals surface area contributed by atoms with Crippen LogP contribution in [0.5, 0.6) is 0 Å². The molecule has 0 rings (SSSR count). The SMILES string of the molecule is CCCCCCCCCCCCC(C)C(=O)O.CCCCCCCCCCCCCC(=O)OC. The third kappa shape index (κ3) is 30.9. The summed E-state index contributed by atoms with van der Waals surface area (Å²) in [7, 11) is 1.46. The van der Waals surface area contributed by atoms with Crippen molar-refractivity contribution in [2.24, 2.45) is 5.92 Å². The fourth-order valence-electron chi connectivity index (χ4n) is 4.10. The molecule has 1 unspecified atom stereocenters. The van der Waals surface area contributed by atoms with E-state index >= 15 is 0 Å². The molecule has 0 aromatic carbocycles. The van der Waals surface area contributed by atoms with Crippen LogP contribution in [0.2, 0.25) is 0 Å². The van der Waals surface area contributed by atoms with Crippen LogP contribution in [-0.2, 0) is 14.3 Å². The largest absolute Gasteiger partial charge is 0.481 e. The zero-order chi connectivity index (χ0) is 25.7. The van der Waals surface area contributed by atoms with E-state index in [4.69, 9.17) is 5.11 Å². The van der Waals surface area contributed by atoms with Crippen molar-refractivity contribution in [1.82, 2.24) is 0 Å². The fraction of sp³-hybridized carbons (Fsp3) is 0.933. The summed E-state index contributed by atoms with van der Waals surface area (Å²) in [5.74, 6) is -0.883. The van der Waals surface area contributed by atoms with Gasteiger partial charge in [-0.15, -0.1) is 0 Å². The number of hydrogen-bond acceptors (Lipinski definition) is 3. The van der Waals surface area contributed by atoms with Crippen LogP contribution in [0.1, 0.15) is 168 Å². The highest BCUT2D eigenvalue weighted by Crippen LogP contribution is 2.14. The van der Waals surface area contributed by atoms with Crippen LogP contribution in [0.25, 0.3) is 0 Å². The van der Waals surface area contributed by atoms with Gasteiger partial charge in [-0.1, -0.05) is 149 Å². The predicted molar refractivity (Wildman–Crippen MR) is 146 cm³/mol. The van der Waals surface area contributed by atoms with Crippen molar-refractivity contribution in [1.29, 1.82) is 0 Å². The first-order valence-electron chi connectivity index (χ1n) is 14.8. The van der Waals surface area contributed by atoms with Crippen LogP contribution < -0.4 is 0 Å². The third-order valence-electron chi connectivity index (χ3n) is 6.62. The molecule has 1 atom stereocenters. The number of hydrogen-bond donors (Lipinski definition) is 1. The van der Waals surface area contributed by atoms with Gasteiger partial charge in [0.05, 0.1) is 13.0 Å². The number of carbonyl (C=O) groups excluding carboxylic acids is 1. The molecule has 0 aromatic heterocycles. The lowest BCUT2D eigenvalue weighted by Crippen LogP contribution is -2.08. The summed E-state index contributed by atoms with van der Waals surface area (Å²) < 4.78 is 4.60. The van der Waals surface area contributed by atoms with Gasteiger partial charge in [-0.3, -0.25) is 9.59 Å². The molecular weight excluding hydrogens is 424 g/mol. The van der Waals surface area contributed by atoms with Crippen LogP contribution in [-0.4, -0.2) is 24.2 Å². The first-order valence-corrected chi connectivity index (χ1v) is 14.8. The molecule has 0 aliphatic heterocycles. The lowest BCUT2D eigenvalue weighted by atomic mass is 10.0. The molecule has 0 spiro atoms. The molecule has 0 bridgehead atoms. The minimum atomic E-state index is -0.652. The van der Waals surface area contributed by atoms with E-state index < -0.39 is 5.97 Å².